The lowest BCUT2D eigenvalue weighted by Gasteiger charge is -2.45. The quantitative estimate of drug-likeness (QED) is 0.243. The summed E-state index contributed by atoms with van der Waals surface area (Å²) in [6, 6.07) is 0. The van der Waals surface area contributed by atoms with Gasteiger partial charge in [0.25, 0.3) is 0 Å². The molecule has 0 radical (unpaired) electrons. The Balaban J connectivity index is 2.11. The van der Waals surface area contributed by atoms with Crippen LogP contribution in [-0.2, 0) is 14.2 Å². The molecule has 2 rings (SSSR count). The van der Waals surface area contributed by atoms with Crippen molar-refractivity contribution in [1.29, 1.82) is 0 Å². The van der Waals surface area contributed by atoms with Crippen LogP contribution in [0.3, 0.4) is 0 Å². The Morgan fingerprint density at radius 1 is 1.04 bits per heavy atom. The smallest absolute Gasteiger partial charge is 0.218 e. The largest absolute Gasteiger partial charge is 0.394 e. The third kappa shape index (κ3) is 3.50. The van der Waals surface area contributed by atoms with Gasteiger partial charge in [-0.15, -0.1) is 0 Å². The second kappa shape index (κ2) is 7.21. The van der Waals surface area contributed by atoms with Gasteiger partial charge >= 0.3 is 0 Å². The zero-order valence-corrected chi connectivity index (χ0v) is 11.8. The summed E-state index contributed by atoms with van der Waals surface area (Å²) < 4.78 is 29.3. The number of rotatable bonds is 4. The van der Waals surface area contributed by atoms with Gasteiger partial charge in [0, 0.05) is 0 Å². The molecule has 0 bridgehead atoms. The van der Waals surface area contributed by atoms with Crippen molar-refractivity contribution in [1.82, 2.24) is 0 Å². The van der Waals surface area contributed by atoms with Gasteiger partial charge in [-0.05, 0) is 0 Å². The monoisotopic (exact) mass is 344 g/mol. The Morgan fingerprint density at radius 2 is 1.70 bits per heavy atom. The van der Waals surface area contributed by atoms with Crippen molar-refractivity contribution in [2.24, 2.45) is 0 Å². The molecule has 0 aliphatic carbocycles. The van der Waals surface area contributed by atoms with E-state index in [1.54, 1.807) is 0 Å². The molecule has 0 amide bonds. The molecule has 8 N–H and O–H groups in total. The molecule has 23 heavy (non-hydrogen) atoms. The zero-order valence-electron chi connectivity index (χ0n) is 13.8. The molecule has 136 valence electrons. The maximum atomic E-state index is 9.97. The van der Waals surface area contributed by atoms with Crippen molar-refractivity contribution < 1.29 is 57.8 Å². The second-order valence-corrected chi connectivity index (χ2v) is 5.45. The summed E-state index contributed by atoms with van der Waals surface area (Å²) in [5, 5.41) is 77.2. The van der Waals surface area contributed by atoms with E-state index in [4.69, 9.17) is 22.1 Å². The molecule has 2 saturated heterocycles. The maximum Gasteiger partial charge on any atom is 0.218 e. The summed E-state index contributed by atoms with van der Waals surface area (Å²) in [6.45, 7) is -4.66. The molecule has 7 unspecified atom stereocenters. The highest BCUT2D eigenvalue weighted by Gasteiger charge is 2.51. The van der Waals surface area contributed by atoms with Gasteiger partial charge in [0.2, 0.25) is 5.79 Å². The maximum absolute atomic E-state index is 9.97. The Labute approximate surface area is 133 Å². The van der Waals surface area contributed by atoms with Crippen molar-refractivity contribution in [2.75, 3.05) is 19.8 Å². The molecule has 0 aromatic rings. The highest BCUT2D eigenvalue weighted by molar-refractivity contribution is 4.94. The number of hydrogen-bond acceptors (Lipinski definition) is 11. The molecule has 2 aliphatic rings. The van der Waals surface area contributed by atoms with Gasteiger partial charge in [0.15, 0.2) is 6.29 Å². The van der Waals surface area contributed by atoms with Crippen LogP contribution in [0.5, 0.6) is 0 Å². The van der Waals surface area contributed by atoms with E-state index in [0.717, 1.165) is 0 Å². The van der Waals surface area contributed by atoms with Crippen LogP contribution in [0, 0.1) is 0 Å². The minimum Gasteiger partial charge on any atom is -0.394 e. The first kappa shape index (κ1) is 16.1. The Bertz CT molecular complexity index is 463. The van der Waals surface area contributed by atoms with Gasteiger partial charge in [-0.2, -0.15) is 0 Å². The summed E-state index contributed by atoms with van der Waals surface area (Å²) in [5.41, 5.74) is 0. The molecule has 0 spiro atoms. The zero-order chi connectivity index (χ0) is 19.2. The summed E-state index contributed by atoms with van der Waals surface area (Å²) in [5.74, 6) is -2.42. The minimum absolute atomic E-state index is 0.558. The summed E-state index contributed by atoms with van der Waals surface area (Å²) in [7, 11) is 0. The molecule has 0 aromatic carbocycles. The predicted octanol–water partition coefficient (Wildman–Crippen LogP) is -5.40. The van der Waals surface area contributed by atoms with Crippen molar-refractivity contribution in [3.05, 3.63) is 0 Å². The van der Waals surface area contributed by atoms with Crippen LogP contribution < -0.4 is 0 Å². The molecule has 11 nitrogen and oxygen atoms in total. The van der Waals surface area contributed by atoms with Crippen molar-refractivity contribution >= 4 is 0 Å². The standard InChI is InChI=1S/C12H22O11/c13-1-4-6(15)8(17)9(18)11(22-4)23-5-2-21-12(20,3-14)10(19)7(5)16/h4-11,13-20H,1-3H2/t4?,5-,6?,7+,8?,9?,10?,11?,12?/m1/s1/i1D2. The fourth-order valence-electron chi connectivity index (χ4n) is 2.38. The third-order valence-electron chi connectivity index (χ3n) is 3.90. The van der Waals surface area contributed by atoms with E-state index in [2.05, 4.69) is 0 Å². The van der Waals surface area contributed by atoms with Crippen LogP contribution in [0.25, 0.3) is 0 Å². The van der Waals surface area contributed by atoms with Gasteiger partial charge in [0.1, 0.15) is 42.7 Å². The highest BCUT2D eigenvalue weighted by atomic mass is 16.7. The highest BCUT2D eigenvalue weighted by Crippen LogP contribution is 2.29. The molecular formula is C12H22O11. The van der Waals surface area contributed by atoms with E-state index in [9.17, 15) is 35.7 Å². The van der Waals surface area contributed by atoms with E-state index in [1.807, 2.05) is 0 Å². The van der Waals surface area contributed by atoms with E-state index in [-0.39, 0.29) is 0 Å². The normalized spacial score (nSPS) is 53.6. The molecule has 2 aliphatic heterocycles. The SMILES string of the molecule is [2H]C([2H])(O)C1OC(O[C@@H]2COC(O)(CO)C(O)[C@H]2O)C(O)C(O)C1O. The summed E-state index contributed by atoms with van der Waals surface area (Å²) in [4.78, 5) is 0. The topological polar surface area (TPSA) is 190 Å². The van der Waals surface area contributed by atoms with Crippen LogP contribution >= 0.6 is 0 Å². The van der Waals surface area contributed by atoms with Crippen LogP contribution in [0.1, 0.15) is 2.74 Å². The van der Waals surface area contributed by atoms with Crippen LogP contribution in [0.2, 0.25) is 0 Å². The lowest BCUT2D eigenvalue weighted by atomic mass is 9.96. The number of aliphatic hydroxyl groups excluding tert-OH is 6. The van der Waals surface area contributed by atoms with Crippen LogP contribution in [0.4, 0.5) is 0 Å². The number of ether oxygens (including phenoxy) is 3. The van der Waals surface area contributed by atoms with E-state index in [1.165, 1.54) is 0 Å². The van der Waals surface area contributed by atoms with Crippen molar-refractivity contribution in [3.63, 3.8) is 0 Å². The first-order chi connectivity index (χ1) is 11.4. The number of aliphatic hydroxyl groups is 8. The fraction of sp³-hybridized carbons (Fsp3) is 1.00. The molecule has 11 heteroatoms. The second-order valence-electron chi connectivity index (χ2n) is 5.45. The average Bonchev–Trinajstić information content (AvgIpc) is 2.54. The molecule has 0 aromatic heterocycles. The van der Waals surface area contributed by atoms with Gasteiger partial charge in [0.05, 0.1) is 22.5 Å². The minimum atomic E-state index is -3.08. The molecule has 0 saturated carbocycles. The van der Waals surface area contributed by atoms with Gasteiger partial charge in [-0.25, -0.2) is 0 Å². The molecule has 9 atom stereocenters. The molecule has 2 heterocycles. The third-order valence-corrected chi connectivity index (χ3v) is 3.90. The van der Waals surface area contributed by atoms with Gasteiger partial charge < -0.3 is 55.1 Å². The van der Waals surface area contributed by atoms with Gasteiger partial charge in [-0.1, -0.05) is 0 Å². The average molecular weight is 344 g/mol. The van der Waals surface area contributed by atoms with Crippen LogP contribution in [-0.4, -0.2) is 115 Å². The van der Waals surface area contributed by atoms with E-state index >= 15 is 0 Å². The number of hydrogen-bond donors (Lipinski definition) is 8. The Morgan fingerprint density at radius 3 is 2.26 bits per heavy atom. The van der Waals surface area contributed by atoms with Crippen molar-refractivity contribution in [2.45, 2.75) is 54.8 Å². The van der Waals surface area contributed by atoms with Crippen molar-refractivity contribution in [3.8, 4) is 0 Å². The molecule has 2 fully saturated rings. The predicted molar refractivity (Wildman–Crippen MR) is 68.6 cm³/mol. The van der Waals surface area contributed by atoms with E-state index in [0.29, 0.717) is 0 Å². The first-order valence-corrected chi connectivity index (χ1v) is 6.83. The van der Waals surface area contributed by atoms with E-state index < -0.39 is 74.6 Å². The summed E-state index contributed by atoms with van der Waals surface area (Å²) in [6.07, 6.45) is -14.7. The lowest BCUT2D eigenvalue weighted by molar-refractivity contribution is -0.367. The van der Waals surface area contributed by atoms with Crippen LogP contribution in [0.15, 0.2) is 0 Å². The Hall–Kier alpha value is -0.440. The first-order valence-electron chi connectivity index (χ1n) is 7.83. The Kier molecular flexibility index (Phi) is 5.03. The lowest BCUT2D eigenvalue weighted by Crippen LogP contribution is -2.65. The molecular weight excluding hydrogens is 320 g/mol. The van der Waals surface area contributed by atoms with Gasteiger partial charge in [-0.3, -0.25) is 0 Å². The fourth-order valence-corrected chi connectivity index (χ4v) is 2.38. The summed E-state index contributed by atoms with van der Waals surface area (Å²) >= 11 is 0.